The second kappa shape index (κ2) is 7.47. The number of benzene rings is 1. The van der Waals surface area contributed by atoms with Gasteiger partial charge in [0.2, 0.25) is 0 Å². The van der Waals surface area contributed by atoms with Crippen molar-refractivity contribution in [1.82, 2.24) is 0 Å². The number of phenolic OH excluding ortho intramolecular Hbond substituents is 1. The van der Waals surface area contributed by atoms with Gasteiger partial charge in [0.25, 0.3) is 0 Å². The third-order valence-corrected chi connectivity index (χ3v) is 4.61. The lowest BCUT2D eigenvalue weighted by Gasteiger charge is -2.33. The number of cyclic esters (lactones) is 1. The predicted molar refractivity (Wildman–Crippen MR) is 92.1 cm³/mol. The Bertz CT molecular complexity index is 740. The molecule has 2 N–H and O–H groups in total. The number of aromatic hydroxyl groups is 1. The van der Waals surface area contributed by atoms with E-state index in [1.54, 1.807) is 25.1 Å². The van der Waals surface area contributed by atoms with Crippen LogP contribution in [-0.2, 0) is 14.3 Å². The van der Waals surface area contributed by atoms with Gasteiger partial charge < -0.3 is 24.4 Å². The van der Waals surface area contributed by atoms with Gasteiger partial charge in [-0.25, -0.2) is 4.79 Å². The molecule has 0 aliphatic carbocycles. The van der Waals surface area contributed by atoms with Gasteiger partial charge in [0.05, 0.1) is 19.3 Å². The van der Waals surface area contributed by atoms with E-state index >= 15 is 0 Å². The molecule has 7 nitrogen and oxygen atoms in total. The van der Waals surface area contributed by atoms with E-state index in [4.69, 9.17) is 14.2 Å². The smallest absolute Gasteiger partial charge is 0.342 e. The van der Waals surface area contributed by atoms with Gasteiger partial charge in [0.1, 0.15) is 29.3 Å². The molecule has 2 aliphatic rings. The molecule has 1 saturated heterocycles. The van der Waals surface area contributed by atoms with Crippen LogP contribution in [0.4, 0.5) is 0 Å². The van der Waals surface area contributed by atoms with E-state index < -0.39 is 30.4 Å². The second-order valence-electron chi connectivity index (χ2n) is 6.61. The molecule has 1 aromatic rings. The van der Waals surface area contributed by atoms with E-state index in [0.29, 0.717) is 24.2 Å². The molecule has 0 aromatic heterocycles. The Balaban J connectivity index is 2.00. The number of carbonyl (C=O) groups excluding carboxylic acids is 2. The maximum atomic E-state index is 12.5. The minimum atomic E-state index is -1.17. The number of rotatable bonds is 1. The van der Waals surface area contributed by atoms with E-state index in [1.807, 2.05) is 0 Å². The largest absolute Gasteiger partial charge is 0.507 e. The van der Waals surface area contributed by atoms with Crippen molar-refractivity contribution in [3.8, 4) is 11.5 Å². The highest BCUT2D eigenvalue weighted by Crippen LogP contribution is 2.31. The van der Waals surface area contributed by atoms with Crippen LogP contribution in [0.2, 0.25) is 0 Å². The first-order valence-electron chi connectivity index (χ1n) is 8.53. The normalized spacial score (nSPS) is 30.4. The number of Topliss-reactive ketones (excluding diaryl/α,β-unsaturated/α-hetero) is 1. The molecule has 0 saturated carbocycles. The van der Waals surface area contributed by atoms with Crippen LogP contribution in [0.1, 0.15) is 42.1 Å². The average molecular weight is 362 g/mol. The Morgan fingerprint density at radius 3 is 2.77 bits per heavy atom. The highest BCUT2D eigenvalue weighted by atomic mass is 16.5. The zero-order valence-electron chi connectivity index (χ0n) is 14.7. The van der Waals surface area contributed by atoms with Gasteiger partial charge in [0, 0.05) is 18.9 Å². The number of ether oxygens (including phenoxy) is 3. The molecular weight excluding hydrogens is 340 g/mol. The molecule has 0 amide bonds. The lowest BCUT2D eigenvalue weighted by Crippen LogP contribution is -2.46. The van der Waals surface area contributed by atoms with Crippen LogP contribution in [0.5, 0.6) is 11.5 Å². The number of methoxy groups -OCH3 is 1. The van der Waals surface area contributed by atoms with Gasteiger partial charge in [-0.15, -0.1) is 0 Å². The summed E-state index contributed by atoms with van der Waals surface area (Å²) in [5.74, 6) is -0.764. The molecule has 0 unspecified atom stereocenters. The first kappa shape index (κ1) is 18.4. The minimum Gasteiger partial charge on any atom is -0.507 e. The fourth-order valence-corrected chi connectivity index (χ4v) is 3.33. The molecule has 2 aliphatic heterocycles. The average Bonchev–Trinajstić information content (AvgIpc) is 2.57. The van der Waals surface area contributed by atoms with Crippen LogP contribution in [0.25, 0.3) is 6.08 Å². The number of aliphatic hydroxyl groups is 1. The van der Waals surface area contributed by atoms with Crippen LogP contribution in [0.15, 0.2) is 18.2 Å². The van der Waals surface area contributed by atoms with Crippen LogP contribution < -0.4 is 4.74 Å². The fourth-order valence-electron chi connectivity index (χ4n) is 3.33. The van der Waals surface area contributed by atoms with E-state index in [2.05, 4.69) is 0 Å². The number of fused-ring (bicyclic) bond motifs is 3. The minimum absolute atomic E-state index is 0.0529. The van der Waals surface area contributed by atoms with Gasteiger partial charge >= 0.3 is 5.97 Å². The molecule has 4 atom stereocenters. The van der Waals surface area contributed by atoms with Crippen molar-refractivity contribution in [2.75, 3.05) is 7.11 Å². The van der Waals surface area contributed by atoms with Crippen LogP contribution >= 0.6 is 0 Å². The Kier molecular flexibility index (Phi) is 5.29. The van der Waals surface area contributed by atoms with E-state index in [0.717, 1.165) is 0 Å². The summed E-state index contributed by atoms with van der Waals surface area (Å²) in [6, 6.07) is 2.96. The van der Waals surface area contributed by atoms with Crippen LogP contribution in [0.3, 0.4) is 0 Å². The maximum Gasteiger partial charge on any atom is 0.342 e. The summed E-state index contributed by atoms with van der Waals surface area (Å²) in [7, 11) is 1.46. The molecule has 3 rings (SSSR count). The quantitative estimate of drug-likeness (QED) is 0.735. The summed E-state index contributed by atoms with van der Waals surface area (Å²) >= 11 is 0. The SMILES string of the molecule is COc1cc(O)c2c(c1)/C=C/C[C@@H]1O[C@@H](CC(=O)[C@H]1O)C[C@H](C)OC2=O. The Hall–Kier alpha value is -2.38. The summed E-state index contributed by atoms with van der Waals surface area (Å²) in [6.45, 7) is 1.70. The van der Waals surface area contributed by atoms with Gasteiger partial charge in [-0.2, -0.15) is 0 Å². The summed E-state index contributed by atoms with van der Waals surface area (Å²) in [4.78, 5) is 24.5. The maximum absolute atomic E-state index is 12.5. The van der Waals surface area contributed by atoms with Gasteiger partial charge in [-0.05, 0) is 25.0 Å². The zero-order valence-corrected chi connectivity index (χ0v) is 14.7. The van der Waals surface area contributed by atoms with Gasteiger partial charge in [-0.1, -0.05) is 12.2 Å². The van der Waals surface area contributed by atoms with Gasteiger partial charge in [0.15, 0.2) is 5.78 Å². The molecule has 1 fully saturated rings. The number of carbonyl (C=O) groups is 2. The third-order valence-electron chi connectivity index (χ3n) is 4.61. The van der Waals surface area contributed by atoms with Crippen molar-refractivity contribution in [1.29, 1.82) is 0 Å². The molecular formula is C19H22O7. The highest BCUT2D eigenvalue weighted by molar-refractivity contribution is 5.97. The standard InChI is InChI=1S/C19H22O7/c1-10-6-13-9-15(21)18(22)16(26-13)5-3-4-11-7-12(24-2)8-14(20)17(11)19(23)25-10/h3-4,7-8,10,13,16,18,20,22H,5-6,9H2,1-2H3/b4-3+/t10-,13+,16-,18+/m0/s1. The lowest BCUT2D eigenvalue weighted by atomic mass is 9.94. The number of hydrogen-bond acceptors (Lipinski definition) is 7. The number of aliphatic hydroxyl groups excluding tert-OH is 1. The molecule has 7 heteroatoms. The first-order chi connectivity index (χ1) is 12.4. The summed E-state index contributed by atoms with van der Waals surface area (Å²) in [5.41, 5.74) is 0.477. The highest BCUT2D eigenvalue weighted by Gasteiger charge is 2.37. The van der Waals surface area contributed by atoms with Crippen molar-refractivity contribution in [2.45, 2.75) is 50.6 Å². The lowest BCUT2D eigenvalue weighted by molar-refractivity contribution is -0.159. The van der Waals surface area contributed by atoms with Crippen molar-refractivity contribution in [2.24, 2.45) is 0 Å². The van der Waals surface area contributed by atoms with E-state index in [9.17, 15) is 19.8 Å². The predicted octanol–water partition coefficient (Wildman–Crippen LogP) is 1.84. The van der Waals surface area contributed by atoms with E-state index in [-0.39, 0.29) is 23.5 Å². The Morgan fingerprint density at radius 1 is 1.27 bits per heavy atom. The molecule has 1 aromatic carbocycles. The molecule has 0 radical (unpaired) electrons. The molecule has 2 heterocycles. The molecule has 2 bridgehead atoms. The number of hydrogen-bond donors (Lipinski definition) is 2. The number of esters is 1. The summed E-state index contributed by atoms with van der Waals surface area (Å²) in [6.07, 6.45) is 1.26. The van der Waals surface area contributed by atoms with Crippen molar-refractivity contribution < 1.29 is 34.0 Å². The number of phenols is 1. The monoisotopic (exact) mass is 362 g/mol. The second-order valence-corrected chi connectivity index (χ2v) is 6.61. The van der Waals surface area contributed by atoms with Crippen LogP contribution in [0, 0.1) is 0 Å². The van der Waals surface area contributed by atoms with Crippen molar-refractivity contribution >= 4 is 17.8 Å². The topological polar surface area (TPSA) is 102 Å². The van der Waals surface area contributed by atoms with Crippen molar-refractivity contribution in [3.05, 3.63) is 29.3 Å². The summed E-state index contributed by atoms with van der Waals surface area (Å²) < 4.78 is 16.4. The molecule has 140 valence electrons. The molecule has 26 heavy (non-hydrogen) atoms. The number of ketones is 1. The summed E-state index contributed by atoms with van der Waals surface area (Å²) in [5, 5.41) is 20.3. The third kappa shape index (κ3) is 3.73. The Labute approximate surface area is 151 Å². The molecule has 0 spiro atoms. The van der Waals surface area contributed by atoms with Gasteiger partial charge in [-0.3, -0.25) is 4.79 Å². The Morgan fingerprint density at radius 2 is 2.04 bits per heavy atom. The first-order valence-corrected chi connectivity index (χ1v) is 8.53. The van der Waals surface area contributed by atoms with E-state index in [1.165, 1.54) is 13.2 Å². The fraction of sp³-hybridized carbons (Fsp3) is 0.474. The zero-order chi connectivity index (χ0) is 18.8. The van der Waals surface area contributed by atoms with Crippen LogP contribution in [-0.4, -0.2) is 53.5 Å². The van der Waals surface area contributed by atoms with Crippen molar-refractivity contribution in [3.63, 3.8) is 0 Å².